The number of fused-ring (bicyclic) bond motifs is 2. The number of hydrogen-bond acceptors (Lipinski definition) is 12. The van der Waals surface area contributed by atoms with E-state index in [0.29, 0.717) is 41.5 Å². The maximum atomic E-state index is 16.5. The Hall–Kier alpha value is -6.04. The number of carbonyl (C=O) groups is 4. The molecule has 5 aliphatic heterocycles. The normalized spacial score (nSPS) is 24.5. The number of anilines is 2. The van der Waals surface area contributed by atoms with Gasteiger partial charge >= 0.3 is 0 Å². The second kappa shape index (κ2) is 13.8. The first-order valence-electron chi connectivity index (χ1n) is 19.4. The Bertz CT molecular complexity index is 2490. The van der Waals surface area contributed by atoms with Gasteiger partial charge in [-0.25, -0.2) is 19.0 Å². The number of piperidine rings is 2. The molecular formula is C41H38FN10O5Si. The number of nitrogens with zero attached hydrogens (tertiary/aromatic N) is 8. The Morgan fingerprint density at radius 3 is 2.31 bits per heavy atom. The molecule has 0 aliphatic carbocycles. The van der Waals surface area contributed by atoms with Crippen LogP contribution in [0.4, 0.5) is 15.9 Å². The molecule has 10 rings (SSSR count). The van der Waals surface area contributed by atoms with Crippen LogP contribution in [0, 0.1) is 0 Å². The monoisotopic (exact) mass is 797 g/mol. The third-order valence-corrected chi connectivity index (χ3v) is 13.0. The minimum absolute atomic E-state index is 0.0730. The molecule has 58 heavy (non-hydrogen) atoms. The number of alkyl halides is 1. The van der Waals surface area contributed by atoms with Crippen molar-refractivity contribution in [2.75, 3.05) is 49.9 Å². The van der Waals surface area contributed by atoms with Crippen LogP contribution in [0.5, 0.6) is 11.5 Å². The van der Waals surface area contributed by atoms with Crippen molar-refractivity contribution in [1.29, 1.82) is 0 Å². The fourth-order valence-corrected chi connectivity index (χ4v) is 9.18. The van der Waals surface area contributed by atoms with Gasteiger partial charge in [0.05, 0.1) is 31.9 Å². The van der Waals surface area contributed by atoms with Crippen molar-refractivity contribution in [3.05, 3.63) is 90.3 Å². The van der Waals surface area contributed by atoms with Gasteiger partial charge in [0.1, 0.15) is 41.6 Å². The molecule has 17 heteroatoms. The lowest BCUT2D eigenvalue weighted by molar-refractivity contribution is -0.136. The van der Waals surface area contributed by atoms with Crippen LogP contribution in [0.15, 0.2) is 79.1 Å². The van der Waals surface area contributed by atoms with Crippen molar-refractivity contribution >= 4 is 56.4 Å². The van der Waals surface area contributed by atoms with Gasteiger partial charge in [0.2, 0.25) is 11.8 Å². The highest BCUT2D eigenvalue weighted by Gasteiger charge is 2.49. The summed E-state index contributed by atoms with van der Waals surface area (Å²) >= 11 is 0. The van der Waals surface area contributed by atoms with E-state index in [1.165, 1.54) is 6.33 Å². The second-order valence-corrected chi connectivity index (χ2v) is 16.5. The number of benzene rings is 3. The number of amides is 4. The van der Waals surface area contributed by atoms with E-state index in [4.69, 9.17) is 15.6 Å². The molecule has 0 saturated carbocycles. The summed E-state index contributed by atoms with van der Waals surface area (Å²) in [5, 5.41) is 6.58. The van der Waals surface area contributed by atoms with Gasteiger partial charge in [-0.3, -0.25) is 39.2 Å². The number of nitrogens with two attached hydrogens (primary N) is 1. The number of ether oxygens (including phenoxy) is 1. The summed E-state index contributed by atoms with van der Waals surface area (Å²) in [6.07, 6.45) is 0.707. The largest absolute Gasteiger partial charge is 0.457 e. The predicted molar refractivity (Wildman–Crippen MR) is 211 cm³/mol. The van der Waals surface area contributed by atoms with Crippen LogP contribution in [0.2, 0.25) is 0 Å². The molecule has 4 amide bonds. The maximum absolute atomic E-state index is 16.5. The number of carbonyl (C=O) groups excluding carboxylic acids is 4. The van der Waals surface area contributed by atoms with E-state index in [1.807, 2.05) is 60.7 Å². The standard InChI is InChI=1S/C41H38FN10O5Si/c42-32-21-48(15-14-41(32,58)52-37-34(36(43)44-22-45-37)35(47-52)23-6-9-28(10-7-23)57-27-4-2-1-3-5-27)25-17-50(18-25)26-19-49(20-26)24-8-11-29-30(16-24)40(56)51(39(29)55)31-12-13-33(53)46-38(31)54/h1-11,16,22,25-26,31-32H,12-15,17-21H2,(H2,43,44,45)(H,46,53,54). The second-order valence-electron chi connectivity index (χ2n) is 15.6. The van der Waals surface area contributed by atoms with Crippen LogP contribution >= 0.6 is 0 Å². The Morgan fingerprint density at radius 2 is 1.57 bits per heavy atom. The Balaban J connectivity index is 0.768. The summed E-state index contributed by atoms with van der Waals surface area (Å²) < 4.78 is 24.1. The van der Waals surface area contributed by atoms with Crippen molar-refractivity contribution in [2.24, 2.45) is 0 Å². The maximum Gasteiger partial charge on any atom is 0.262 e. The first-order chi connectivity index (χ1) is 28.1. The third kappa shape index (κ3) is 5.94. The molecule has 3 unspecified atom stereocenters. The molecule has 5 aliphatic rings. The first-order valence-corrected chi connectivity index (χ1v) is 19.9. The number of imide groups is 2. The molecule has 4 saturated heterocycles. The zero-order valence-electron chi connectivity index (χ0n) is 31.3. The smallest absolute Gasteiger partial charge is 0.262 e. The van der Waals surface area contributed by atoms with E-state index in [-0.39, 0.29) is 42.4 Å². The summed E-state index contributed by atoms with van der Waals surface area (Å²) in [4.78, 5) is 67.0. The van der Waals surface area contributed by atoms with Gasteiger partial charge in [-0.15, -0.1) is 0 Å². The van der Waals surface area contributed by atoms with Gasteiger partial charge in [-0.05, 0) is 67.4 Å². The van der Waals surface area contributed by atoms with E-state index >= 15 is 4.39 Å². The third-order valence-electron chi connectivity index (χ3n) is 12.2. The van der Waals surface area contributed by atoms with Crippen LogP contribution in [0.25, 0.3) is 22.3 Å². The fourth-order valence-electron chi connectivity index (χ4n) is 8.82. The molecule has 4 fully saturated rings. The van der Waals surface area contributed by atoms with Crippen molar-refractivity contribution in [1.82, 2.24) is 39.8 Å². The van der Waals surface area contributed by atoms with Gasteiger partial charge in [0.15, 0.2) is 5.65 Å². The Labute approximate surface area is 335 Å². The molecule has 3 radical (unpaired) electrons. The van der Waals surface area contributed by atoms with Crippen LogP contribution in [0.3, 0.4) is 0 Å². The first kappa shape index (κ1) is 36.3. The van der Waals surface area contributed by atoms with E-state index in [2.05, 4.69) is 40.2 Å². The number of nitrogens with one attached hydrogen (secondary N) is 1. The summed E-state index contributed by atoms with van der Waals surface area (Å²) in [6, 6.07) is 21.7. The van der Waals surface area contributed by atoms with Crippen LogP contribution in [-0.4, -0.2) is 132 Å². The predicted octanol–water partition coefficient (Wildman–Crippen LogP) is 2.71. The lowest BCUT2D eigenvalue weighted by Crippen LogP contribution is -2.71. The minimum Gasteiger partial charge on any atom is -0.457 e. The van der Waals surface area contributed by atoms with Crippen molar-refractivity contribution in [3.63, 3.8) is 0 Å². The van der Waals surface area contributed by atoms with Gasteiger partial charge < -0.3 is 15.4 Å². The zero-order valence-corrected chi connectivity index (χ0v) is 32.3. The Morgan fingerprint density at radius 1 is 0.845 bits per heavy atom. The average Bonchev–Trinajstić information content (AvgIpc) is 3.70. The molecule has 0 bridgehead atoms. The molecule has 293 valence electrons. The molecule has 5 aromatic rings. The highest BCUT2D eigenvalue weighted by Crippen LogP contribution is 2.40. The number of halogens is 1. The van der Waals surface area contributed by atoms with Gasteiger partial charge in [0, 0.05) is 69.0 Å². The zero-order chi connectivity index (χ0) is 39.9. The molecule has 3 aromatic carbocycles. The number of rotatable bonds is 8. The summed E-state index contributed by atoms with van der Waals surface area (Å²) in [5.74, 6) is -0.416. The Kier molecular flexibility index (Phi) is 8.65. The van der Waals surface area contributed by atoms with Crippen LogP contribution < -0.4 is 20.7 Å². The molecule has 15 nitrogen and oxygen atoms in total. The summed E-state index contributed by atoms with van der Waals surface area (Å²) in [7, 11) is 3.86. The molecular weight excluding hydrogens is 760 g/mol. The quantitative estimate of drug-likeness (QED) is 0.174. The van der Waals surface area contributed by atoms with Crippen molar-refractivity contribution in [2.45, 2.75) is 48.7 Å². The van der Waals surface area contributed by atoms with E-state index in [1.54, 1.807) is 16.8 Å². The van der Waals surface area contributed by atoms with Gasteiger partial charge in [0.25, 0.3) is 11.8 Å². The highest BCUT2D eigenvalue weighted by atomic mass is 28.1. The van der Waals surface area contributed by atoms with Crippen molar-refractivity contribution in [3.8, 4) is 22.8 Å². The minimum atomic E-state index is -1.31. The SMILES string of the molecule is Nc1ncnc2c1c(-c1ccc(Oc3ccccc3)cc1)nn2C1([Si])CCN(C2CN(C3CN(c4ccc5c(c4)C(=O)N(C4CCC(=O)NC4=O)C5=O)C3)C2)CC1F. The number of likely N-dealkylation sites (tertiary alicyclic amines) is 2. The molecule has 0 spiro atoms. The van der Waals surface area contributed by atoms with Crippen LogP contribution in [0.1, 0.15) is 40.0 Å². The number of nitrogen functional groups attached to an aromatic ring is 1. The van der Waals surface area contributed by atoms with Crippen LogP contribution in [-0.2, 0) is 14.8 Å². The average molecular weight is 798 g/mol. The van der Waals surface area contributed by atoms with Gasteiger partial charge in [-0.1, -0.05) is 18.2 Å². The van der Waals surface area contributed by atoms with Crippen molar-refractivity contribution < 1.29 is 28.3 Å². The van der Waals surface area contributed by atoms with Gasteiger partial charge in [-0.2, -0.15) is 5.10 Å². The van der Waals surface area contributed by atoms with E-state index < -0.39 is 41.0 Å². The van der Waals surface area contributed by atoms with E-state index in [0.717, 1.165) is 48.1 Å². The summed E-state index contributed by atoms with van der Waals surface area (Å²) in [5.41, 5.74) is 9.55. The molecule has 7 heterocycles. The molecule has 3 atom stereocenters. The molecule has 2 aromatic heterocycles. The van der Waals surface area contributed by atoms with E-state index in [9.17, 15) is 19.2 Å². The summed E-state index contributed by atoms with van der Waals surface area (Å²) in [6.45, 7) is 4.02. The number of aromatic nitrogens is 4. The topological polar surface area (TPSA) is 172 Å². The number of hydrogen-bond donors (Lipinski definition) is 2. The lowest BCUT2D eigenvalue weighted by Gasteiger charge is -2.56. The highest BCUT2D eigenvalue weighted by molar-refractivity contribution is 6.23. The fraction of sp³-hybridized carbons (Fsp3) is 0.341. The number of para-hydroxylation sites is 1. The molecule has 3 N–H and O–H groups in total. The lowest BCUT2D eigenvalue weighted by atomic mass is 9.94.